The van der Waals surface area contributed by atoms with Crippen molar-refractivity contribution < 1.29 is 9.59 Å². The molecule has 5 nitrogen and oxygen atoms in total. The molecule has 6 heteroatoms. The largest absolute Gasteiger partial charge is 0.339 e. The van der Waals surface area contributed by atoms with Gasteiger partial charge in [0.15, 0.2) is 5.11 Å². The number of anilines is 1. The van der Waals surface area contributed by atoms with Crippen molar-refractivity contribution in [2.45, 2.75) is 25.2 Å². The number of hydrogen-bond donors (Lipinski definition) is 2. The van der Waals surface area contributed by atoms with Gasteiger partial charge in [0.05, 0.1) is 17.2 Å². The maximum absolute atomic E-state index is 13.3. The molecule has 2 amide bonds. The van der Waals surface area contributed by atoms with Gasteiger partial charge in [-0.3, -0.25) is 9.59 Å². The molecule has 1 fully saturated rings. The highest BCUT2D eigenvalue weighted by Crippen LogP contribution is 2.25. The Morgan fingerprint density at radius 1 is 0.758 bits per heavy atom. The predicted octanol–water partition coefficient (Wildman–Crippen LogP) is 4.96. The van der Waals surface area contributed by atoms with Crippen LogP contribution in [0.5, 0.6) is 0 Å². The van der Waals surface area contributed by atoms with Crippen molar-refractivity contribution in [2.75, 3.05) is 18.4 Å². The minimum absolute atomic E-state index is 0.0154. The molecule has 2 N–H and O–H groups in total. The van der Waals surface area contributed by atoms with E-state index in [1.54, 1.807) is 6.07 Å². The van der Waals surface area contributed by atoms with Crippen LogP contribution < -0.4 is 10.6 Å². The van der Waals surface area contributed by atoms with Gasteiger partial charge in [-0.25, -0.2) is 0 Å². The minimum atomic E-state index is -0.502. The van der Waals surface area contributed by atoms with Crippen molar-refractivity contribution in [1.82, 2.24) is 10.2 Å². The van der Waals surface area contributed by atoms with Gasteiger partial charge in [0.1, 0.15) is 0 Å². The molecule has 1 heterocycles. The number of likely N-dealkylation sites (tertiary alicyclic amines) is 1. The highest BCUT2D eigenvalue weighted by molar-refractivity contribution is 7.80. The maximum Gasteiger partial charge on any atom is 0.255 e. The Bertz CT molecular complexity index is 1070. The average molecular weight is 458 g/mol. The minimum Gasteiger partial charge on any atom is -0.339 e. The van der Waals surface area contributed by atoms with Crippen molar-refractivity contribution in [3.63, 3.8) is 0 Å². The highest BCUT2D eigenvalue weighted by atomic mass is 32.1. The second-order valence-electron chi connectivity index (χ2n) is 8.10. The van der Waals surface area contributed by atoms with Gasteiger partial charge in [-0.1, -0.05) is 72.8 Å². The molecule has 0 radical (unpaired) electrons. The molecule has 1 aliphatic rings. The highest BCUT2D eigenvalue weighted by Gasteiger charge is 2.24. The van der Waals surface area contributed by atoms with E-state index in [0.717, 1.165) is 43.5 Å². The summed E-state index contributed by atoms with van der Waals surface area (Å²) in [5.74, 6) is -0.750. The second kappa shape index (κ2) is 10.9. The van der Waals surface area contributed by atoms with Crippen LogP contribution >= 0.6 is 12.2 Å². The van der Waals surface area contributed by atoms with Crippen LogP contribution in [0.1, 0.15) is 46.7 Å². The number of carbonyl (C=O) groups excluding carboxylic acids is 2. The Labute approximate surface area is 199 Å². The molecule has 0 atom stereocenters. The Kier molecular flexibility index (Phi) is 7.47. The Morgan fingerprint density at radius 3 is 1.91 bits per heavy atom. The van der Waals surface area contributed by atoms with Crippen LogP contribution in [0, 0.1) is 0 Å². The van der Waals surface area contributed by atoms with Crippen LogP contribution in [0.3, 0.4) is 0 Å². The summed E-state index contributed by atoms with van der Waals surface area (Å²) in [5, 5.41) is 6.06. The number of carbonyl (C=O) groups is 2. The molecule has 168 valence electrons. The number of thiocarbonyl (C=S) groups is 1. The zero-order chi connectivity index (χ0) is 23.0. The SMILES string of the molecule is O=C(NC(=S)Nc1ccccc1C(=O)N1CCCCC1)C(c1ccccc1)c1ccccc1. The van der Waals surface area contributed by atoms with E-state index in [1.165, 1.54) is 0 Å². The molecule has 3 aromatic rings. The van der Waals surface area contributed by atoms with E-state index in [1.807, 2.05) is 83.8 Å². The van der Waals surface area contributed by atoms with Crippen molar-refractivity contribution in [3.05, 3.63) is 102 Å². The summed E-state index contributed by atoms with van der Waals surface area (Å²) >= 11 is 5.47. The molecule has 0 aliphatic carbocycles. The number of hydrogen-bond acceptors (Lipinski definition) is 3. The van der Waals surface area contributed by atoms with Crippen molar-refractivity contribution in [1.29, 1.82) is 0 Å². The maximum atomic E-state index is 13.3. The zero-order valence-electron chi connectivity index (χ0n) is 18.4. The second-order valence-corrected chi connectivity index (χ2v) is 8.50. The topological polar surface area (TPSA) is 61.4 Å². The number of piperidine rings is 1. The van der Waals surface area contributed by atoms with E-state index in [0.29, 0.717) is 11.3 Å². The van der Waals surface area contributed by atoms with E-state index in [4.69, 9.17) is 12.2 Å². The molecule has 3 aromatic carbocycles. The van der Waals surface area contributed by atoms with Crippen LogP contribution in [0.4, 0.5) is 5.69 Å². The third kappa shape index (κ3) is 5.65. The fraction of sp³-hybridized carbons (Fsp3) is 0.222. The Morgan fingerprint density at radius 2 is 1.30 bits per heavy atom. The third-order valence-corrected chi connectivity index (χ3v) is 6.02. The van der Waals surface area contributed by atoms with E-state index >= 15 is 0 Å². The summed E-state index contributed by atoms with van der Waals surface area (Å²) in [7, 11) is 0. The zero-order valence-corrected chi connectivity index (χ0v) is 19.2. The summed E-state index contributed by atoms with van der Waals surface area (Å²) in [6.45, 7) is 1.54. The Balaban J connectivity index is 1.50. The number of nitrogens with one attached hydrogen (secondary N) is 2. The van der Waals surface area contributed by atoms with E-state index in [-0.39, 0.29) is 16.9 Å². The first-order valence-electron chi connectivity index (χ1n) is 11.2. The first kappa shape index (κ1) is 22.7. The van der Waals surface area contributed by atoms with Gasteiger partial charge in [0.2, 0.25) is 5.91 Å². The molecular weight excluding hydrogens is 430 g/mol. The summed E-state index contributed by atoms with van der Waals surface area (Å²) in [4.78, 5) is 28.2. The molecule has 1 saturated heterocycles. The standard InChI is InChI=1S/C27H27N3O2S/c31-25(24(20-12-4-1-5-13-20)21-14-6-2-7-15-21)29-27(33)28-23-17-9-8-16-22(23)26(32)30-18-10-3-11-19-30/h1-2,4-9,12-17,24H,3,10-11,18-19H2,(H2,28,29,31,33). The molecule has 0 saturated carbocycles. The van der Waals surface area contributed by atoms with Crippen LogP contribution in [-0.4, -0.2) is 34.9 Å². The van der Waals surface area contributed by atoms with Gasteiger partial charge >= 0.3 is 0 Å². The lowest BCUT2D eigenvalue weighted by Gasteiger charge is -2.27. The van der Waals surface area contributed by atoms with Crippen LogP contribution in [0.15, 0.2) is 84.9 Å². The molecule has 1 aliphatic heterocycles. The summed E-state index contributed by atoms with van der Waals surface area (Å²) in [6, 6.07) is 26.5. The van der Waals surface area contributed by atoms with E-state index in [2.05, 4.69) is 10.6 Å². The van der Waals surface area contributed by atoms with E-state index < -0.39 is 5.92 Å². The van der Waals surface area contributed by atoms with Gasteiger partial charge < -0.3 is 15.5 Å². The molecule has 33 heavy (non-hydrogen) atoms. The normalized spacial score (nSPS) is 13.4. The van der Waals surface area contributed by atoms with Crippen molar-refractivity contribution in [3.8, 4) is 0 Å². The predicted molar refractivity (Wildman–Crippen MR) is 135 cm³/mol. The first-order valence-corrected chi connectivity index (χ1v) is 11.6. The van der Waals surface area contributed by atoms with Crippen LogP contribution in [0.2, 0.25) is 0 Å². The first-order chi connectivity index (χ1) is 16.1. The molecule has 0 bridgehead atoms. The number of benzene rings is 3. The van der Waals surface area contributed by atoms with Gasteiger partial charge in [0.25, 0.3) is 5.91 Å². The molecule has 4 rings (SSSR count). The smallest absolute Gasteiger partial charge is 0.255 e. The van der Waals surface area contributed by atoms with E-state index in [9.17, 15) is 9.59 Å². The number of para-hydroxylation sites is 1. The average Bonchev–Trinajstić information content (AvgIpc) is 2.86. The van der Waals surface area contributed by atoms with Crippen LogP contribution in [-0.2, 0) is 4.79 Å². The fourth-order valence-electron chi connectivity index (χ4n) is 4.17. The van der Waals surface area contributed by atoms with Crippen LogP contribution in [0.25, 0.3) is 0 Å². The molecular formula is C27H27N3O2S. The quantitative estimate of drug-likeness (QED) is 0.532. The molecule has 0 aromatic heterocycles. The van der Waals surface area contributed by atoms with Gasteiger partial charge in [-0.15, -0.1) is 0 Å². The summed E-state index contributed by atoms with van der Waals surface area (Å²) in [5.41, 5.74) is 2.90. The number of rotatable bonds is 5. The van der Waals surface area contributed by atoms with Gasteiger partial charge in [-0.2, -0.15) is 0 Å². The summed E-state index contributed by atoms with van der Waals surface area (Å²) in [6.07, 6.45) is 3.20. The summed E-state index contributed by atoms with van der Waals surface area (Å²) < 4.78 is 0. The van der Waals surface area contributed by atoms with Crippen molar-refractivity contribution >= 4 is 34.8 Å². The monoisotopic (exact) mass is 457 g/mol. The lowest BCUT2D eigenvalue weighted by Crippen LogP contribution is -2.39. The number of amides is 2. The molecule has 0 unspecified atom stereocenters. The van der Waals surface area contributed by atoms with Gasteiger partial charge in [0, 0.05) is 13.1 Å². The lowest BCUT2D eigenvalue weighted by atomic mass is 9.90. The van der Waals surface area contributed by atoms with Gasteiger partial charge in [-0.05, 0) is 54.7 Å². The lowest BCUT2D eigenvalue weighted by molar-refractivity contribution is -0.120. The Hall–Kier alpha value is -3.51. The fourth-order valence-corrected chi connectivity index (χ4v) is 4.38. The van der Waals surface area contributed by atoms with Crippen molar-refractivity contribution in [2.24, 2.45) is 0 Å². The number of nitrogens with zero attached hydrogens (tertiary/aromatic N) is 1. The third-order valence-electron chi connectivity index (χ3n) is 5.81. The molecule has 0 spiro atoms.